The smallest absolute Gasteiger partial charge is 0.0649 e. The van der Waals surface area contributed by atoms with Gasteiger partial charge in [-0.05, 0) is 110 Å². The highest BCUT2D eigenvalue weighted by atomic mass is 16.3. The van der Waals surface area contributed by atoms with Gasteiger partial charge in [-0.3, -0.25) is 0 Å². The zero-order chi connectivity index (χ0) is 20.7. The fourth-order valence-corrected chi connectivity index (χ4v) is 8.44. The minimum Gasteiger partial charge on any atom is -0.393 e. The summed E-state index contributed by atoms with van der Waals surface area (Å²) in [6, 6.07) is 8.80. The average Bonchev–Trinajstić information content (AvgIpc) is 3.27. The molecule has 3 heteroatoms. The summed E-state index contributed by atoms with van der Waals surface area (Å²) >= 11 is 0. The van der Waals surface area contributed by atoms with Crippen LogP contribution < -0.4 is 0 Å². The second-order valence-corrected chi connectivity index (χ2v) is 11.5. The molecule has 0 amide bonds. The molecule has 0 radical (unpaired) electrons. The molecule has 3 fully saturated rings. The molecule has 1 aromatic heterocycles. The molecule has 3 saturated carbocycles. The maximum atomic E-state index is 10.7. The van der Waals surface area contributed by atoms with E-state index < -0.39 is 0 Å². The van der Waals surface area contributed by atoms with Crippen molar-refractivity contribution in [2.75, 3.05) is 0 Å². The third-order valence-electron chi connectivity index (χ3n) is 10.3. The van der Waals surface area contributed by atoms with E-state index in [1.54, 1.807) is 0 Å². The van der Waals surface area contributed by atoms with Crippen molar-refractivity contribution in [3.63, 3.8) is 0 Å². The Morgan fingerprint density at radius 1 is 0.967 bits per heavy atom. The van der Waals surface area contributed by atoms with Crippen LogP contribution in [0.25, 0.3) is 5.69 Å². The van der Waals surface area contributed by atoms with Crippen molar-refractivity contribution >= 4 is 0 Å². The Balaban J connectivity index is 1.33. The van der Waals surface area contributed by atoms with Crippen molar-refractivity contribution in [2.45, 2.75) is 78.2 Å². The van der Waals surface area contributed by atoms with Crippen molar-refractivity contribution in [3.8, 4) is 5.69 Å². The maximum absolute atomic E-state index is 10.7. The van der Waals surface area contributed by atoms with Gasteiger partial charge in [0.1, 0.15) is 0 Å². The Kier molecular flexibility index (Phi) is 4.11. The quantitative estimate of drug-likeness (QED) is 0.681. The Morgan fingerprint density at radius 2 is 1.73 bits per heavy atom. The molecule has 0 aliphatic heterocycles. The standard InChI is InChI=1S/C27H36N2O/c1-17-4-7-20(8-5-17)29-24-14-19-6-9-21-22-10-11-25(30)26(22,2)13-12-23(21)27(19,3)15-18(24)16-28-29/h4-5,7-8,16,19,21-23,25,30H,6,9-15H2,1-3H3/t19-,21-,22-,23-,25-,26-,27-/m0/s1. The molecular formula is C27H36N2O. The highest BCUT2D eigenvalue weighted by Gasteiger charge is 2.60. The van der Waals surface area contributed by atoms with E-state index >= 15 is 0 Å². The Labute approximate surface area is 180 Å². The average molecular weight is 405 g/mol. The molecule has 4 aliphatic rings. The van der Waals surface area contributed by atoms with Crippen LogP contribution in [-0.2, 0) is 12.8 Å². The van der Waals surface area contributed by atoms with Gasteiger partial charge >= 0.3 is 0 Å². The van der Waals surface area contributed by atoms with Crippen molar-refractivity contribution in [2.24, 2.45) is 34.5 Å². The number of nitrogens with zero attached hydrogens (tertiary/aromatic N) is 2. The monoisotopic (exact) mass is 404 g/mol. The van der Waals surface area contributed by atoms with Gasteiger partial charge in [-0.15, -0.1) is 0 Å². The number of rotatable bonds is 1. The molecule has 0 unspecified atom stereocenters. The van der Waals surface area contributed by atoms with Gasteiger partial charge in [0, 0.05) is 5.69 Å². The molecule has 30 heavy (non-hydrogen) atoms. The van der Waals surface area contributed by atoms with Crippen LogP contribution >= 0.6 is 0 Å². The van der Waals surface area contributed by atoms with Crippen molar-refractivity contribution < 1.29 is 5.11 Å². The van der Waals surface area contributed by atoms with Gasteiger partial charge in [0.2, 0.25) is 0 Å². The van der Waals surface area contributed by atoms with Crippen molar-refractivity contribution in [1.29, 1.82) is 0 Å². The predicted molar refractivity (Wildman–Crippen MR) is 120 cm³/mol. The number of aryl methyl sites for hydroxylation is 1. The summed E-state index contributed by atoms with van der Waals surface area (Å²) in [5.74, 6) is 3.13. The molecule has 3 nitrogen and oxygen atoms in total. The number of hydrogen-bond acceptors (Lipinski definition) is 2. The molecule has 1 heterocycles. The van der Waals surface area contributed by atoms with Crippen LogP contribution in [0.1, 0.15) is 69.2 Å². The molecule has 2 aromatic rings. The van der Waals surface area contributed by atoms with Crippen molar-refractivity contribution in [3.05, 3.63) is 47.3 Å². The van der Waals surface area contributed by atoms with E-state index in [0.717, 1.165) is 30.1 Å². The largest absolute Gasteiger partial charge is 0.393 e. The second kappa shape index (κ2) is 6.45. The zero-order valence-corrected chi connectivity index (χ0v) is 18.8. The summed E-state index contributed by atoms with van der Waals surface area (Å²) in [5, 5.41) is 15.6. The summed E-state index contributed by atoms with van der Waals surface area (Å²) in [7, 11) is 0. The van der Waals surface area contributed by atoms with Crippen LogP contribution in [-0.4, -0.2) is 21.0 Å². The Morgan fingerprint density at radius 3 is 2.53 bits per heavy atom. The first kappa shape index (κ1) is 19.1. The Hall–Kier alpha value is -1.61. The maximum Gasteiger partial charge on any atom is 0.0649 e. The molecule has 0 spiro atoms. The lowest BCUT2D eigenvalue weighted by molar-refractivity contribution is -0.111. The number of benzene rings is 1. The molecule has 1 N–H and O–H groups in total. The van der Waals surface area contributed by atoms with Gasteiger partial charge in [0.15, 0.2) is 0 Å². The zero-order valence-electron chi connectivity index (χ0n) is 18.8. The summed E-state index contributed by atoms with van der Waals surface area (Å²) in [4.78, 5) is 0. The van der Waals surface area contributed by atoms with Gasteiger partial charge in [0.05, 0.1) is 18.0 Å². The van der Waals surface area contributed by atoms with Crippen LogP contribution in [0.5, 0.6) is 0 Å². The third-order valence-corrected chi connectivity index (χ3v) is 10.3. The SMILES string of the molecule is Cc1ccc(-n2ncc3c2C[C@@H]2CC[C@@H]4[C@H](CC[C@]5(C)[C@@H](O)CC[C@@H]45)[C@@]2(C)C3)cc1. The summed E-state index contributed by atoms with van der Waals surface area (Å²) in [5.41, 5.74) is 6.01. The van der Waals surface area contributed by atoms with E-state index in [1.165, 1.54) is 67.5 Å². The fraction of sp³-hybridized carbons (Fsp3) is 0.667. The number of aliphatic hydroxyl groups excluding tert-OH is 1. The van der Waals surface area contributed by atoms with Gasteiger partial charge in [0.25, 0.3) is 0 Å². The van der Waals surface area contributed by atoms with Crippen LogP contribution in [0.2, 0.25) is 0 Å². The molecule has 7 atom stereocenters. The van der Waals surface area contributed by atoms with Crippen LogP contribution in [0.4, 0.5) is 0 Å². The van der Waals surface area contributed by atoms with E-state index in [2.05, 4.69) is 55.9 Å². The first-order valence-electron chi connectivity index (χ1n) is 12.2. The lowest BCUT2D eigenvalue weighted by Gasteiger charge is -2.60. The number of fused-ring (bicyclic) bond motifs is 6. The summed E-state index contributed by atoms with van der Waals surface area (Å²) in [6.45, 7) is 7.14. The molecule has 160 valence electrons. The minimum absolute atomic E-state index is 0.0697. The lowest BCUT2D eigenvalue weighted by Crippen LogP contribution is -2.54. The number of hydrogen-bond donors (Lipinski definition) is 1. The summed E-state index contributed by atoms with van der Waals surface area (Å²) < 4.78 is 2.21. The molecule has 1 aromatic carbocycles. The van der Waals surface area contributed by atoms with Crippen LogP contribution in [0, 0.1) is 41.4 Å². The van der Waals surface area contributed by atoms with E-state index in [0.29, 0.717) is 5.41 Å². The van der Waals surface area contributed by atoms with Crippen LogP contribution in [0.3, 0.4) is 0 Å². The normalized spacial score (nSPS) is 42.2. The van der Waals surface area contributed by atoms with E-state index in [1.807, 2.05) is 0 Å². The van der Waals surface area contributed by atoms with Gasteiger partial charge < -0.3 is 5.11 Å². The Bertz CT molecular complexity index is 962. The molecule has 0 bridgehead atoms. The van der Waals surface area contributed by atoms with Gasteiger partial charge in [-0.25, -0.2) is 4.68 Å². The van der Waals surface area contributed by atoms with E-state index in [9.17, 15) is 5.11 Å². The molecule has 4 aliphatic carbocycles. The lowest BCUT2D eigenvalue weighted by atomic mass is 9.45. The molecule has 6 rings (SSSR count). The highest BCUT2D eigenvalue weighted by molar-refractivity contribution is 5.39. The number of aliphatic hydroxyl groups is 1. The van der Waals surface area contributed by atoms with Gasteiger partial charge in [-0.2, -0.15) is 5.10 Å². The first-order valence-corrected chi connectivity index (χ1v) is 12.2. The van der Waals surface area contributed by atoms with E-state index in [4.69, 9.17) is 5.10 Å². The second-order valence-electron chi connectivity index (χ2n) is 11.5. The highest BCUT2D eigenvalue weighted by Crippen LogP contribution is 2.65. The first-order chi connectivity index (χ1) is 14.4. The van der Waals surface area contributed by atoms with Crippen molar-refractivity contribution in [1.82, 2.24) is 9.78 Å². The predicted octanol–water partition coefficient (Wildman–Crippen LogP) is 5.50. The van der Waals surface area contributed by atoms with Gasteiger partial charge in [-0.1, -0.05) is 31.5 Å². The van der Waals surface area contributed by atoms with Crippen LogP contribution in [0.15, 0.2) is 30.5 Å². The minimum atomic E-state index is -0.0697. The molecule has 0 saturated heterocycles. The summed E-state index contributed by atoms with van der Waals surface area (Å²) in [6.07, 6.45) is 12.0. The number of aromatic nitrogens is 2. The fourth-order valence-electron chi connectivity index (χ4n) is 8.44. The third kappa shape index (κ3) is 2.51. The topological polar surface area (TPSA) is 38.0 Å². The van der Waals surface area contributed by atoms with E-state index in [-0.39, 0.29) is 11.5 Å². The molecular weight excluding hydrogens is 368 g/mol.